The van der Waals surface area contributed by atoms with Gasteiger partial charge in [-0.25, -0.2) is 4.98 Å². The number of rotatable bonds is 8. The molecule has 1 heterocycles. The molecule has 0 aliphatic heterocycles. The lowest BCUT2D eigenvalue weighted by Gasteiger charge is -2.30. The van der Waals surface area contributed by atoms with E-state index in [4.69, 9.17) is 4.98 Å². The summed E-state index contributed by atoms with van der Waals surface area (Å²) in [5, 5.41) is 0. The molecule has 0 bridgehead atoms. The Balaban J connectivity index is 3.19. The van der Waals surface area contributed by atoms with E-state index in [0.29, 0.717) is 5.92 Å². The molecule has 1 N–H and O–H groups in total. The normalized spacial score (nSPS) is 13.2. The minimum atomic E-state index is 0.153. The molecule has 0 aliphatic carbocycles. The summed E-state index contributed by atoms with van der Waals surface area (Å²) in [5.41, 5.74) is 2.97. The molecule has 0 saturated carbocycles. The summed E-state index contributed by atoms with van der Waals surface area (Å²) in [6.07, 6.45) is 6.23. The number of H-pyrrole nitrogens is 1. The van der Waals surface area contributed by atoms with E-state index in [-0.39, 0.29) is 10.8 Å². The van der Waals surface area contributed by atoms with Gasteiger partial charge in [0.25, 0.3) is 0 Å². The Morgan fingerprint density at radius 3 is 2.10 bits per heavy atom. The number of aromatic amines is 1. The Morgan fingerprint density at radius 1 is 1.00 bits per heavy atom. The van der Waals surface area contributed by atoms with Crippen LogP contribution >= 0.6 is 0 Å². The highest BCUT2D eigenvalue weighted by molar-refractivity contribution is 5.30. The van der Waals surface area contributed by atoms with Crippen molar-refractivity contribution in [3.05, 3.63) is 17.2 Å². The Morgan fingerprint density at radius 2 is 1.62 bits per heavy atom. The van der Waals surface area contributed by atoms with Crippen LogP contribution in [0.3, 0.4) is 0 Å². The molecule has 0 atom stereocenters. The predicted molar refractivity (Wildman–Crippen MR) is 93.2 cm³/mol. The van der Waals surface area contributed by atoms with Gasteiger partial charge in [-0.05, 0) is 12.8 Å². The van der Waals surface area contributed by atoms with E-state index in [1.165, 1.54) is 37.1 Å². The number of aromatic nitrogens is 2. The minimum Gasteiger partial charge on any atom is -0.345 e. The monoisotopic (exact) mass is 292 g/mol. The molecule has 1 rings (SSSR count). The Hall–Kier alpha value is -0.790. The van der Waals surface area contributed by atoms with Crippen LogP contribution in [0, 0.1) is 0 Å². The Labute approximate surface area is 132 Å². The lowest BCUT2D eigenvalue weighted by atomic mass is 9.76. The molecule has 0 unspecified atom stereocenters. The molecule has 0 spiro atoms. The van der Waals surface area contributed by atoms with Gasteiger partial charge in [-0.1, -0.05) is 74.7 Å². The molecule has 122 valence electrons. The van der Waals surface area contributed by atoms with Crippen LogP contribution in [0.2, 0.25) is 0 Å². The average molecular weight is 293 g/mol. The molecule has 0 amide bonds. The molecule has 1 aromatic rings. The summed E-state index contributed by atoms with van der Waals surface area (Å²) in [7, 11) is 0. The Kier molecular flexibility index (Phi) is 6.07. The molecule has 1 aromatic heterocycles. The van der Waals surface area contributed by atoms with Crippen LogP contribution < -0.4 is 0 Å². The van der Waals surface area contributed by atoms with E-state index in [9.17, 15) is 0 Å². The number of nitrogens with one attached hydrogen (secondary N) is 1. The van der Waals surface area contributed by atoms with E-state index >= 15 is 0 Å². The maximum atomic E-state index is 5.02. The highest BCUT2D eigenvalue weighted by atomic mass is 15.0. The smallest absolute Gasteiger partial charge is 0.109 e. The van der Waals surface area contributed by atoms with Gasteiger partial charge >= 0.3 is 0 Å². The predicted octanol–water partition coefficient (Wildman–Crippen LogP) is 6.08. The van der Waals surface area contributed by atoms with Crippen LogP contribution in [0.5, 0.6) is 0 Å². The van der Waals surface area contributed by atoms with Gasteiger partial charge in [0.1, 0.15) is 5.82 Å². The molecule has 0 saturated heterocycles. The standard InChI is InChI=1S/C19H36N2/c1-9-11-12-13-19(7,8)16-15(18(5,6)10-2)20-17(21-16)14(3)4/h14H,9-13H2,1-8H3,(H,20,21). The molecule has 2 nitrogen and oxygen atoms in total. The zero-order valence-corrected chi connectivity index (χ0v) is 15.6. The number of hydrogen-bond acceptors (Lipinski definition) is 1. The molecular weight excluding hydrogens is 256 g/mol. The fraction of sp³-hybridized carbons (Fsp3) is 0.842. The van der Waals surface area contributed by atoms with Gasteiger partial charge in [-0.2, -0.15) is 0 Å². The number of unbranched alkanes of at least 4 members (excludes halogenated alkanes) is 2. The molecule has 21 heavy (non-hydrogen) atoms. The number of hydrogen-bond donors (Lipinski definition) is 1. The van der Waals surface area contributed by atoms with Crippen LogP contribution in [0.25, 0.3) is 0 Å². The van der Waals surface area contributed by atoms with Crippen molar-refractivity contribution in [2.75, 3.05) is 0 Å². The first kappa shape index (κ1) is 18.3. The third-order valence-corrected chi connectivity index (χ3v) is 4.88. The van der Waals surface area contributed by atoms with Gasteiger partial charge < -0.3 is 4.98 Å². The molecule has 0 aromatic carbocycles. The van der Waals surface area contributed by atoms with Crippen molar-refractivity contribution in [2.45, 2.75) is 104 Å². The Bertz CT molecular complexity index is 438. The maximum Gasteiger partial charge on any atom is 0.109 e. The summed E-state index contributed by atoms with van der Waals surface area (Å²) in [6.45, 7) is 18.3. The summed E-state index contributed by atoms with van der Waals surface area (Å²) in [5.74, 6) is 1.60. The van der Waals surface area contributed by atoms with Crippen LogP contribution in [-0.4, -0.2) is 9.97 Å². The van der Waals surface area contributed by atoms with Gasteiger partial charge in [0.15, 0.2) is 0 Å². The van der Waals surface area contributed by atoms with Gasteiger partial charge in [0, 0.05) is 22.4 Å². The molecule has 2 heteroatoms. The van der Waals surface area contributed by atoms with Gasteiger partial charge in [-0.3, -0.25) is 0 Å². The van der Waals surface area contributed by atoms with Crippen LogP contribution in [0.4, 0.5) is 0 Å². The van der Waals surface area contributed by atoms with Crippen molar-refractivity contribution >= 4 is 0 Å². The lowest BCUT2D eigenvalue weighted by Crippen LogP contribution is -2.26. The van der Waals surface area contributed by atoms with Crippen molar-refractivity contribution < 1.29 is 0 Å². The summed E-state index contributed by atoms with van der Waals surface area (Å²) in [4.78, 5) is 8.68. The third kappa shape index (κ3) is 4.34. The first-order valence-electron chi connectivity index (χ1n) is 8.76. The topological polar surface area (TPSA) is 28.7 Å². The maximum absolute atomic E-state index is 5.02. The molecule has 0 aliphatic rings. The van der Waals surface area contributed by atoms with Crippen LogP contribution in [0.1, 0.15) is 111 Å². The summed E-state index contributed by atoms with van der Waals surface area (Å²) < 4.78 is 0. The van der Waals surface area contributed by atoms with Gasteiger partial charge in [0.05, 0.1) is 5.69 Å². The zero-order valence-electron chi connectivity index (χ0n) is 15.6. The molecular formula is C19H36N2. The van der Waals surface area contributed by atoms with Crippen molar-refractivity contribution in [2.24, 2.45) is 0 Å². The van der Waals surface area contributed by atoms with E-state index in [1.54, 1.807) is 0 Å². The van der Waals surface area contributed by atoms with Crippen molar-refractivity contribution in [3.8, 4) is 0 Å². The zero-order chi connectivity index (χ0) is 16.3. The third-order valence-electron chi connectivity index (χ3n) is 4.88. The quantitative estimate of drug-likeness (QED) is 0.578. The minimum absolute atomic E-state index is 0.153. The highest BCUT2D eigenvalue weighted by Gasteiger charge is 2.33. The second-order valence-electron chi connectivity index (χ2n) is 8.08. The fourth-order valence-electron chi connectivity index (χ4n) is 2.76. The van der Waals surface area contributed by atoms with E-state index in [1.807, 2.05) is 0 Å². The van der Waals surface area contributed by atoms with Crippen LogP contribution in [-0.2, 0) is 10.8 Å². The van der Waals surface area contributed by atoms with Crippen LogP contribution in [0.15, 0.2) is 0 Å². The van der Waals surface area contributed by atoms with E-state index in [2.05, 4.69) is 60.4 Å². The second kappa shape index (κ2) is 6.98. The number of nitrogens with zero attached hydrogens (tertiary/aromatic N) is 1. The largest absolute Gasteiger partial charge is 0.345 e. The fourth-order valence-corrected chi connectivity index (χ4v) is 2.76. The SMILES string of the molecule is CCCCCC(C)(C)c1nc(C(C)C)[nH]c1C(C)(C)CC. The van der Waals surface area contributed by atoms with E-state index < -0.39 is 0 Å². The summed E-state index contributed by atoms with van der Waals surface area (Å²) in [6, 6.07) is 0. The van der Waals surface area contributed by atoms with Crippen molar-refractivity contribution in [1.82, 2.24) is 9.97 Å². The van der Waals surface area contributed by atoms with Gasteiger partial charge in [-0.15, -0.1) is 0 Å². The highest BCUT2D eigenvalue weighted by Crippen LogP contribution is 2.38. The van der Waals surface area contributed by atoms with E-state index in [0.717, 1.165) is 12.2 Å². The number of imidazole rings is 1. The van der Waals surface area contributed by atoms with Gasteiger partial charge in [0.2, 0.25) is 0 Å². The molecule has 0 fully saturated rings. The first-order valence-corrected chi connectivity index (χ1v) is 8.76. The summed E-state index contributed by atoms with van der Waals surface area (Å²) >= 11 is 0. The van der Waals surface area contributed by atoms with Crippen molar-refractivity contribution in [3.63, 3.8) is 0 Å². The van der Waals surface area contributed by atoms with Crippen molar-refractivity contribution in [1.29, 1.82) is 0 Å². The molecule has 0 radical (unpaired) electrons. The lowest BCUT2D eigenvalue weighted by molar-refractivity contribution is 0.413. The first-order chi connectivity index (χ1) is 9.65. The second-order valence-corrected chi connectivity index (χ2v) is 8.08. The average Bonchev–Trinajstić information content (AvgIpc) is 2.85.